The predicted octanol–water partition coefficient (Wildman–Crippen LogP) is 7.78. The summed E-state index contributed by atoms with van der Waals surface area (Å²) in [5, 5.41) is 14.6. The molecule has 0 saturated carbocycles. The van der Waals surface area contributed by atoms with Crippen molar-refractivity contribution in [1.29, 1.82) is 0 Å². The van der Waals surface area contributed by atoms with Gasteiger partial charge in [-0.3, -0.25) is 14.4 Å². The van der Waals surface area contributed by atoms with E-state index in [0.717, 1.165) is 22.1 Å². The smallest absolute Gasteiger partial charge is 0.264 e. The molecule has 2 aliphatic heterocycles. The van der Waals surface area contributed by atoms with Gasteiger partial charge in [0.05, 0.1) is 53.7 Å². The topological polar surface area (TPSA) is 118 Å². The quantitative estimate of drug-likeness (QED) is 0.110. The molecule has 2 aliphatic rings. The zero-order chi connectivity index (χ0) is 41.9. The first-order chi connectivity index (χ1) is 28.4. The van der Waals surface area contributed by atoms with E-state index in [9.17, 15) is 14.7 Å². The number of methoxy groups -OCH3 is 2. The number of aliphatic hydroxyl groups is 1. The van der Waals surface area contributed by atoms with Gasteiger partial charge in [0, 0.05) is 40.8 Å². The molecule has 59 heavy (non-hydrogen) atoms. The van der Waals surface area contributed by atoms with E-state index >= 15 is 4.79 Å². The molecule has 0 aromatic heterocycles. The standard InChI is InChI=1S/C47H50ClN3O7Si/c1-31-44(59(4,5)39-21-19-38(57-3)20-22-39)42(28-43(53)50(24-25-52)29-32-10-7-6-8-11-32)58-47(31)40-27-35(48)16-23-41(40)51(46(47)55)30-33-12-9-13-36(26-33)49-45(54)34-14-17-37(56-2)18-15-34/h6-23,26-27,31,42,44,52H,24-25,28-30H2,1-5H3,(H,49,54)/t31-,42+,44-,47+/m0/s1. The molecule has 4 atom stereocenters. The molecule has 2 heterocycles. The van der Waals surface area contributed by atoms with Crippen LogP contribution in [0.1, 0.15) is 40.4 Å². The summed E-state index contributed by atoms with van der Waals surface area (Å²) in [6.45, 7) is 7.13. The molecule has 5 aromatic rings. The Labute approximate surface area is 351 Å². The van der Waals surface area contributed by atoms with E-state index in [-0.39, 0.29) is 55.3 Å². The molecule has 0 unspecified atom stereocenters. The fraction of sp³-hybridized carbons (Fsp3) is 0.298. The number of nitrogens with one attached hydrogen (secondary N) is 1. The second kappa shape index (κ2) is 17.4. The van der Waals surface area contributed by atoms with Crippen LogP contribution in [0, 0.1) is 5.92 Å². The number of carbonyl (C=O) groups is 3. The molecule has 7 rings (SSSR count). The molecular formula is C47H50ClN3O7Si. The number of rotatable bonds is 14. The third-order valence-corrected chi connectivity index (χ3v) is 16.6. The molecule has 0 radical (unpaired) electrons. The van der Waals surface area contributed by atoms with E-state index in [4.69, 9.17) is 25.8 Å². The van der Waals surface area contributed by atoms with Crippen molar-refractivity contribution in [3.8, 4) is 11.5 Å². The molecule has 1 saturated heterocycles. The first-order valence-corrected chi connectivity index (χ1v) is 23.3. The van der Waals surface area contributed by atoms with Crippen LogP contribution in [0.5, 0.6) is 11.5 Å². The molecule has 5 aromatic carbocycles. The summed E-state index contributed by atoms with van der Waals surface area (Å²) in [5.74, 6) is 0.365. The minimum Gasteiger partial charge on any atom is -0.497 e. The van der Waals surface area contributed by atoms with Gasteiger partial charge in [-0.25, -0.2) is 0 Å². The van der Waals surface area contributed by atoms with E-state index in [1.807, 2.05) is 78.9 Å². The molecule has 1 fully saturated rings. The van der Waals surface area contributed by atoms with Crippen LogP contribution in [0.15, 0.2) is 121 Å². The Hall–Kier alpha value is -5.46. The highest BCUT2D eigenvalue weighted by atomic mass is 35.5. The Bertz CT molecular complexity index is 2310. The SMILES string of the molecule is COc1ccc(C(=O)Nc2cccc(CN3C(=O)[C@]4(O[C@H](CC(=O)N(CCO)Cc5ccccc5)[C@@H]([Si](C)(C)c5ccc(OC)cc5)[C@@H]4C)c4cc(Cl)ccc43)c2)cc1. The lowest BCUT2D eigenvalue weighted by Gasteiger charge is -2.37. The monoisotopic (exact) mass is 831 g/mol. The normalized spacial score (nSPS) is 19.7. The first-order valence-electron chi connectivity index (χ1n) is 19.8. The van der Waals surface area contributed by atoms with Crippen LogP contribution in [-0.2, 0) is 33.0 Å². The fourth-order valence-electron chi connectivity index (χ4n) is 9.04. The summed E-state index contributed by atoms with van der Waals surface area (Å²) in [4.78, 5) is 46.3. The zero-order valence-electron chi connectivity index (χ0n) is 34.0. The number of hydrogen-bond donors (Lipinski definition) is 2. The lowest BCUT2D eigenvalue weighted by Crippen LogP contribution is -2.52. The van der Waals surface area contributed by atoms with E-state index in [2.05, 4.69) is 37.5 Å². The minimum atomic E-state index is -2.56. The van der Waals surface area contributed by atoms with E-state index in [0.29, 0.717) is 39.8 Å². The van der Waals surface area contributed by atoms with Crippen molar-refractivity contribution in [3.63, 3.8) is 0 Å². The van der Waals surface area contributed by atoms with Gasteiger partial charge < -0.3 is 34.4 Å². The van der Waals surface area contributed by atoms with Crippen LogP contribution in [0.4, 0.5) is 11.4 Å². The van der Waals surface area contributed by atoms with Crippen molar-refractivity contribution >= 4 is 54.0 Å². The highest BCUT2D eigenvalue weighted by molar-refractivity contribution is 6.91. The van der Waals surface area contributed by atoms with Crippen LogP contribution < -0.4 is 24.9 Å². The highest BCUT2D eigenvalue weighted by Gasteiger charge is 2.66. The van der Waals surface area contributed by atoms with Gasteiger partial charge in [0.1, 0.15) is 11.5 Å². The Morgan fingerprint density at radius 1 is 0.881 bits per heavy atom. The van der Waals surface area contributed by atoms with E-state index < -0.39 is 19.8 Å². The third kappa shape index (κ3) is 8.25. The molecule has 3 amide bonds. The van der Waals surface area contributed by atoms with Crippen molar-refractivity contribution in [3.05, 3.63) is 149 Å². The van der Waals surface area contributed by atoms with Gasteiger partial charge in [-0.15, -0.1) is 0 Å². The Kier molecular flexibility index (Phi) is 12.3. The number of fused-ring (bicyclic) bond motifs is 2. The van der Waals surface area contributed by atoms with E-state index in [1.54, 1.807) is 54.4 Å². The predicted molar refractivity (Wildman–Crippen MR) is 233 cm³/mol. The number of nitrogens with zero attached hydrogens (tertiary/aromatic N) is 2. The fourth-order valence-corrected chi connectivity index (χ4v) is 13.2. The number of carbonyl (C=O) groups excluding carboxylic acids is 3. The molecule has 306 valence electrons. The summed E-state index contributed by atoms with van der Waals surface area (Å²) >= 11 is 6.73. The lowest BCUT2D eigenvalue weighted by atomic mass is 9.82. The maximum absolute atomic E-state index is 15.4. The van der Waals surface area contributed by atoms with Gasteiger partial charge in [0.2, 0.25) is 5.91 Å². The molecule has 2 N–H and O–H groups in total. The van der Waals surface area contributed by atoms with Gasteiger partial charge in [-0.1, -0.05) is 91.4 Å². The van der Waals surface area contributed by atoms with Crippen LogP contribution in [0.3, 0.4) is 0 Å². The van der Waals surface area contributed by atoms with Crippen molar-refractivity contribution in [2.75, 3.05) is 37.6 Å². The number of aliphatic hydroxyl groups excluding tert-OH is 1. The van der Waals surface area contributed by atoms with Crippen LogP contribution in [-0.4, -0.2) is 69.3 Å². The van der Waals surface area contributed by atoms with Crippen molar-refractivity contribution in [1.82, 2.24) is 4.90 Å². The van der Waals surface area contributed by atoms with Gasteiger partial charge in [0.15, 0.2) is 5.60 Å². The number of amides is 3. The maximum Gasteiger partial charge on any atom is 0.264 e. The second-order valence-corrected chi connectivity index (χ2v) is 20.9. The van der Waals surface area contributed by atoms with Crippen LogP contribution in [0.25, 0.3) is 0 Å². The summed E-state index contributed by atoms with van der Waals surface area (Å²) in [7, 11) is 0.646. The molecule has 1 spiro atoms. The van der Waals surface area contributed by atoms with Gasteiger partial charge in [-0.05, 0) is 83.4 Å². The van der Waals surface area contributed by atoms with Crippen LogP contribution in [0.2, 0.25) is 23.7 Å². The maximum atomic E-state index is 15.4. The Balaban J connectivity index is 1.23. The molecular weight excluding hydrogens is 782 g/mol. The van der Waals surface area contributed by atoms with Gasteiger partial charge in [-0.2, -0.15) is 0 Å². The average molecular weight is 832 g/mol. The molecule has 0 bridgehead atoms. The van der Waals surface area contributed by atoms with E-state index in [1.165, 1.54) is 0 Å². The first kappa shape index (κ1) is 41.7. The molecule has 10 nitrogen and oxygen atoms in total. The number of benzene rings is 5. The second-order valence-electron chi connectivity index (χ2n) is 15.8. The number of ether oxygens (including phenoxy) is 3. The molecule has 0 aliphatic carbocycles. The largest absolute Gasteiger partial charge is 0.497 e. The lowest BCUT2D eigenvalue weighted by molar-refractivity contribution is -0.150. The summed E-state index contributed by atoms with van der Waals surface area (Å²) in [5.41, 5.74) is 2.53. The van der Waals surface area contributed by atoms with Gasteiger partial charge in [0.25, 0.3) is 11.8 Å². The van der Waals surface area contributed by atoms with Gasteiger partial charge >= 0.3 is 0 Å². The Morgan fingerprint density at radius 2 is 1.54 bits per heavy atom. The minimum absolute atomic E-state index is 0.0231. The number of halogens is 1. The molecule has 12 heteroatoms. The van der Waals surface area contributed by atoms with Crippen molar-refractivity contribution in [2.24, 2.45) is 5.92 Å². The zero-order valence-corrected chi connectivity index (χ0v) is 35.7. The average Bonchev–Trinajstić information content (AvgIpc) is 3.66. The number of hydrogen-bond acceptors (Lipinski definition) is 7. The highest BCUT2D eigenvalue weighted by Crippen LogP contribution is 2.60. The summed E-state index contributed by atoms with van der Waals surface area (Å²) in [6, 6.07) is 37.5. The summed E-state index contributed by atoms with van der Waals surface area (Å²) < 4.78 is 17.9. The summed E-state index contributed by atoms with van der Waals surface area (Å²) in [6.07, 6.45) is -0.611. The third-order valence-electron chi connectivity index (χ3n) is 12.0. The Morgan fingerprint density at radius 3 is 2.20 bits per heavy atom. The van der Waals surface area contributed by atoms with Crippen LogP contribution >= 0.6 is 11.6 Å². The van der Waals surface area contributed by atoms with Crippen molar-refractivity contribution in [2.45, 2.75) is 56.8 Å². The van der Waals surface area contributed by atoms with Crippen molar-refractivity contribution < 1.29 is 33.7 Å². The number of anilines is 2.